The largest absolute Gasteiger partial charge is 0.248 e. The Morgan fingerprint density at radius 1 is 1.47 bits per heavy atom. The predicted octanol–water partition coefficient (Wildman–Crippen LogP) is 2.63. The molecule has 88 valence electrons. The molecule has 0 aliphatic heterocycles. The van der Waals surface area contributed by atoms with Gasteiger partial charge >= 0.3 is 0 Å². The molecule has 3 rings (SSSR count). The van der Waals surface area contributed by atoms with E-state index >= 15 is 0 Å². The summed E-state index contributed by atoms with van der Waals surface area (Å²) in [4.78, 5) is 4.38. The topological polar surface area (TPSA) is 56.5 Å². The zero-order valence-electron chi connectivity index (χ0n) is 9.17. The molecule has 1 saturated carbocycles. The minimum atomic E-state index is 0.489. The number of rotatable bonds is 3. The van der Waals surface area contributed by atoms with Crippen molar-refractivity contribution >= 4 is 27.7 Å². The second kappa shape index (κ2) is 4.38. The summed E-state index contributed by atoms with van der Waals surface area (Å²) in [5.74, 6) is 0. The molecule has 0 amide bonds. The smallest absolute Gasteiger partial charge is 0.215 e. The van der Waals surface area contributed by atoms with Crippen LogP contribution in [0.1, 0.15) is 24.4 Å². The fourth-order valence-electron chi connectivity index (χ4n) is 1.52. The summed E-state index contributed by atoms with van der Waals surface area (Å²) in [7, 11) is 0. The third kappa shape index (κ3) is 2.35. The standard InChI is InChI=1S/C10H10BrN5S/c1-6-4-7(11)5-12-9(6)17-10-13-14-15-16(10)8-2-3-8/h4-5,8H,2-3H2,1H3. The van der Waals surface area contributed by atoms with Gasteiger partial charge < -0.3 is 0 Å². The van der Waals surface area contributed by atoms with E-state index in [4.69, 9.17) is 0 Å². The summed E-state index contributed by atoms with van der Waals surface area (Å²) in [6.45, 7) is 2.03. The fourth-order valence-corrected chi connectivity index (χ4v) is 2.82. The number of pyridine rings is 1. The highest BCUT2D eigenvalue weighted by atomic mass is 79.9. The lowest BCUT2D eigenvalue weighted by molar-refractivity contribution is 0.565. The van der Waals surface area contributed by atoms with Gasteiger partial charge in [-0.15, -0.1) is 5.10 Å². The minimum Gasteiger partial charge on any atom is -0.248 e. The highest BCUT2D eigenvalue weighted by Gasteiger charge is 2.28. The molecule has 7 heteroatoms. The van der Waals surface area contributed by atoms with Gasteiger partial charge in [0.1, 0.15) is 5.03 Å². The summed E-state index contributed by atoms with van der Waals surface area (Å²) in [6.07, 6.45) is 4.14. The molecule has 1 fully saturated rings. The Kier molecular flexibility index (Phi) is 2.87. The Hall–Kier alpha value is -0.950. The Bertz CT molecular complexity index is 551. The van der Waals surface area contributed by atoms with E-state index in [0.29, 0.717) is 6.04 Å². The van der Waals surface area contributed by atoms with E-state index in [0.717, 1.165) is 20.2 Å². The van der Waals surface area contributed by atoms with Crippen LogP contribution >= 0.6 is 27.7 Å². The van der Waals surface area contributed by atoms with Crippen LogP contribution in [0.2, 0.25) is 0 Å². The van der Waals surface area contributed by atoms with Gasteiger partial charge in [0.05, 0.1) is 6.04 Å². The summed E-state index contributed by atoms with van der Waals surface area (Å²) < 4.78 is 2.88. The monoisotopic (exact) mass is 311 g/mol. The van der Waals surface area contributed by atoms with Crippen molar-refractivity contribution in [2.75, 3.05) is 0 Å². The third-order valence-corrected chi connectivity index (χ3v) is 4.05. The van der Waals surface area contributed by atoms with Crippen molar-refractivity contribution in [1.29, 1.82) is 0 Å². The van der Waals surface area contributed by atoms with E-state index in [-0.39, 0.29) is 0 Å². The van der Waals surface area contributed by atoms with Crippen molar-refractivity contribution < 1.29 is 0 Å². The van der Waals surface area contributed by atoms with Crippen LogP contribution in [-0.4, -0.2) is 25.2 Å². The van der Waals surface area contributed by atoms with Gasteiger partial charge in [-0.2, -0.15) is 0 Å². The predicted molar refractivity (Wildman–Crippen MR) is 66.9 cm³/mol. The first-order chi connectivity index (χ1) is 8.24. The van der Waals surface area contributed by atoms with Crippen LogP contribution in [0.4, 0.5) is 0 Å². The Labute approximate surface area is 111 Å². The lowest BCUT2D eigenvalue weighted by atomic mass is 10.3. The molecule has 0 N–H and O–H groups in total. The first kappa shape index (κ1) is 11.2. The molecule has 2 aromatic heterocycles. The van der Waals surface area contributed by atoms with Gasteiger partial charge in [0.25, 0.3) is 0 Å². The number of nitrogens with zero attached hydrogens (tertiary/aromatic N) is 5. The van der Waals surface area contributed by atoms with E-state index in [1.165, 1.54) is 24.6 Å². The van der Waals surface area contributed by atoms with Gasteiger partial charge in [0, 0.05) is 10.7 Å². The molecular formula is C10H10BrN5S. The molecule has 0 saturated heterocycles. The quantitative estimate of drug-likeness (QED) is 0.872. The number of aryl methyl sites for hydroxylation is 1. The summed E-state index contributed by atoms with van der Waals surface area (Å²) in [5.41, 5.74) is 1.12. The molecule has 1 aliphatic carbocycles. The van der Waals surface area contributed by atoms with E-state index < -0.39 is 0 Å². The van der Waals surface area contributed by atoms with Gasteiger partial charge in [-0.05, 0) is 69.5 Å². The van der Waals surface area contributed by atoms with Crippen molar-refractivity contribution in [2.24, 2.45) is 0 Å². The third-order valence-electron chi connectivity index (χ3n) is 2.54. The maximum Gasteiger partial charge on any atom is 0.215 e. The second-order valence-corrected chi connectivity index (χ2v) is 5.89. The van der Waals surface area contributed by atoms with E-state index in [2.05, 4.69) is 36.4 Å². The zero-order chi connectivity index (χ0) is 11.8. The SMILES string of the molecule is Cc1cc(Br)cnc1Sc1nnnn1C1CC1. The molecule has 2 aromatic rings. The maximum atomic E-state index is 4.38. The number of aromatic nitrogens is 5. The van der Waals surface area contributed by atoms with Gasteiger partial charge in [-0.1, -0.05) is 0 Å². The fraction of sp³-hybridized carbons (Fsp3) is 0.400. The summed E-state index contributed by atoms with van der Waals surface area (Å²) in [6, 6.07) is 2.53. The average Bonchev–Trinajstić information content (AvgIpc) is 3.03. The van der Waals surface area contributed by atoms with Crippen molar-refractivity contribution in [3.8, 4) is 0 Å². The average molecular weight is 312 g/mol. The first-order valence-electron chi connectivity index (χ1n) is 5.32. The summed E-state index contributed by atoms with van der Waals surface area (Å²) >= 11 is 4.92. The van der Waals surface area contributed by atoms with Crippen LogP contribution in [0, 0.1) is 6.92 Å². The first-order valence-corrected chi connectivity index (χ1v) is 6.93. The normalized spacial score (nSPS) is 15.2. The van der Waals surface area contributed by atoms with E-state index in [1.54, 1.807) is 6.20 Å². The zero-order valence-corrected chi connectivity index (χ0v) is 11.6. The Morgan fingerprint density at radius 3 is 3.00 bits per heavy atom. The molecule has 0 spiro atoms. The van der Waals surface area contributed by atoms with Crippen LogP contribution in [0.15, 0.2) is 26.9 Å². The van der Waals surface area contributed by atoms with Crippen molar-refractivity contribution in [3.63, 3.8) is 0 Å². The van der Waals surface area contributed by atoms with E-state index in [9.17, 15) is 0 Å². The van der Waals surface area contributed by atoms with Crippen molar-refractivity contribution in [3.05, 3.63) is 22.3 Å². The van der Waals surface area contributed by atoms with Gasteiger partial charge in [-0.3, -0.25) is 0 Å². The highest BCUT2D eigenvalue weighted by molar-refractivity contribution is 9.10. The van der Waals surface area contributed by atoms with Crippen LogP contribution in [0.25, 0.3) is 0 Å². The molecule has 0 radical (unpaired) electrons. The van der Waals surface area contributed by atoms with Crippen LogP contribution in [0.3, 0.4) is 0 Å². The lowest BCUT2D eigenvalue weighted by Crippen LogP contribution is -1.99. The highest BCUT2D eigenvalue weighted by Crippen LogP contribution is 2.38. The molecule has 2 heterocycles. The maximum absolute atomic E-state index is 4.38. The number of hydrogen-bond donors (Lipinski definition) is 0. The molecule has 17 heavy (non-hydrogen) atoms. The molecule has 0 atom stereocenters. The Morgan fingerprint density at radius 2 is 2.29 bits per heavy atom. The van der Waals surface area contributed by atoms with E-state index in [1.807, 2.05) is 17.7 Å². The Balaban J connectivity index is 1.88. The number of halogens is 1. The van der Waals surface area contributed by atoms with Crippen LogP contribution < -0.4 is 0 Å². The molecule has 1 aliphatic rings. The van der Waals surface area contributed by atoms with Crippen molar-refractivity contribution in [2.45, 2.75) is 36.0 Å². The van der Waals surface area contributed by atoms with Gasteiger partial charge in [0.15, 0.2) is 0 Å². The van der Waals surface area contributed by atoms with Crippen LogP contribution in [0.5, 0.6) is 0 Å². The number of hydrogen-bond acceptors (Lipinski definition) is 5. The molecule has 5 nitrogen and oxygen atoms in total. The minimum absolute atomic E-state index is 0.489. The molecule has 0 aromatic carbocycles. The van der Waals surface area contributed by atoms with Gasteiger partial charge in [0.2, 0.25) is 5.16 Å². The summed E-state index contributed by atoms with van der Waals surface area (Å²) in [5, 5.41) is 13.6. The second-order valence-electron chi connectivity index (χ2n) is 4.01. The molecule has 0 bridgehead atoms. The van der Waals surface area contributed by atoms with Crippen LogP contribution in [-0.2, 0) is 0 Å². The van der Waals surface area contributed by atoms with Gasteiger partial charge in [-0.25, -0.2) is 9.67 Å². The molecule has 0 unspecified atom stereocenters. The molecular weight excluding hydrogens is 302 g/mol. The van der Waals surface area contributed by atoms with Crippen molar-refractivity contribution in [1.82, 2.24) is 25.2 Å². The lowest BCUT2D eigenvalue weighted by Gasteiger charge is -2.04. The number of tetrazole rings is 1.